The molecule has 3 aromatic carbocycles. The van der Waals surface area contributed by atoms with Crippen LogP contribution in [0.5, 0.6) is 5.75 Å². The number of halogens is 1. The largest absolute Gasteiger partial charge is 0.485 e. The monoisotopic (exact) mass is 489 g/mol. The maximum Gasteiger partial charge on any atom is 0.252 e. The fraction of sp³-hybridized carbons (Fsp3) is 0.222. The highest BCUT2D eigenvalue weighted by Crippen LogP contribution is 2.41. The smallest absolute Gasteiger partial charge is 0.252 e. The van der Waals surface area contributed by atoms with E-state index >= 15 is 0 Å². The number of nitrogens with one attached hydrogen (secondary N) is 1. The molecule has 1 heterocycles. The first-order valence-corrected chi connectivity index (χ1v) is 11.7. The van der Waals surface area contributed by atoms with E-state index in [9.17, 15) is 14.4 Å². The molecule has 0 saturated heterocycles. The molecule has 178 valence electrons. The topological polar surface area (TPSA) is 103 Å². The lowest BCUT2D eigenvalue weighted by Gasteiger charge is -2.11. The molecule has 0 aliphatic heterocycles. The summed E-state index contributed by atoms with van der Waals surface area (Å²) in [5.74, 6) is -0.317. The van der Waals surface area contributed by atoms with Crippen LogP contribution in [0.25, 0.3) is 21.7 Å². The Morgan fingerprint density at radius 2 is 1.86 bits per heavy atom. The van der Waals surface area contributed by atoms with Gasteiger partial charge in [0, 0.05) is 34.7 Å². The van der Waals surface area contributed by atoms with Gasteiger partial charge in [-0.15, -0.1) is 0 Å². The summed E-state index contributed by atoms with van der Waals surface area (Å²) in [7, 11) is 1.58. The number of benzene rings is 3. The van der Waals surface area contributed by atoms with Gasteiger partial charge in [-0.05, 0) is 65.4 Å². The number of ketones is 1. The average molecular weight is 490 g/mol. The Balaban J connectivity index is 1.46. The number of nitrogens with two attached hydrogens (primary N) is 1. The van der Waals surface area contributed by atoms with Gasteiger partial charge in [0.1, 0.15) is 12.3 Å². The van der Waals surface area contributed by atoms with Crippen LogP contribution in [-0.4, -0.2) is 35.8 Å². The van der Waals surface area contributed by atoms with Crippen LogP contribution < -0.4 is 15.8 Å². The fourth-order valence-electron chi connectivity index (χ4n) is 4.35. The molecule has 0 atom stereocenters. The van der Waals surface area contributed by atoms with E-state index in [4.69, 9.17) is 22.1 Å². The molecule has 8 heteroatoms. The second kappa shape index (κ2) is 9.07. The van der Waals surface area contributed by atoms with Gasteiger partial charge in [-0.2, -0.15) is 0 Å². The van der Waals surface area contributed by atoms with Gasteiger partial charge in [0.25, 0.3) is 5.91 Å². The lowest BCUT2D eigenvalue weighted by molar-refractivity contribution is -0.121. The number of ether oxygens (including phenoxy) is 1. The van der Waals surface area contributed by atoms with Gasteiger partial charge in [-0.25, -0.2) is 0 Å². The van der Waals surface area contributed by atoms with E-state index < -0.39 is 5.91 Å². The molecule has 1 saturated carbocycles. The molecular weight excluding hydrogens is 466 g/mol. The van der Waals surface area contributed by atoms with Gasteiger partial charge >= 0.3 is 0 Å². The summed E-state index contributed by atoms with van der Waals surface area (Å²) in [6, 6.07) is 14.6. The maximum absolute atomic E-state index is 13.2. The van der Waals surface area contributed by atoms with E-state index in [1.54, 1.807) is 48.1 Å². The molecule has 0 unspecified atom stereocenters. The van der Waals surface area contributed by atoms with Crippen LogP contribution in [-0.2, 0) is 11.3 Å². The van der Waals surface area contributed by atoms with Crippen LogP contribution >= 0.6 is 11.6 Å². The second-order valence-corrected chi connectivity index (χ2v) is 9.25. The number of hydrogen-bond donors (Lipinski definition) is 2. The Morgan fingerprint density at radius 1 is 1.06 bits per heavy atom. The fourth-order valence-corrected chi connectivity index (χ4v) is 4.53. The molecule has 1 aliphatic carbocycles. The predicted octanol–water partition coefficient (Wildman–Crippen LogP) is 4.43. The number of primary amides is 1. The Morgan fingerprint density at radius 3 is 2.57 bits per heavy atom. The third-order valence-corrected chi connectivity index (χ3v) is 6.61. The molecule has 4 aromatic rings. The molecule has 1 aromatic heterocycles. The van der Waals surface area contributed by atoms with E-state index in [1.807, 2.05) is 12.1 Å². The summed E-state index contributed by atoms with van der Waals surface area (Å²) >= 11 is 6.06. The number of Topliss-reactive ketones (excluding diaryl/α,β-unsaturated/α-hetero) is 1. The van der Waals surface area contributed by atoms with Gasteiger partial charge in [-0.3, -0.25) is 14.4 Å². The van der Waals surface area contributed by atoms with Gasteiger partial charge in [0.05, 0.1) is 5.56 Å². The van der Waals surface area contributed by atoms with Crippen molar-refractivity contribution < 1.29 is 19.1 Å². The van der Waals surface area contributed by atoms with Crippen LogP contribution in [0.15, 0.2) is 54.7 Å². The molecule has 1 fully saturated rings. The minimum atomic E-state index is -0.663. The standard InChI is InChI=1S/C27H24ClN3O4/c1-30-26(33)13-31-12-22(20-7-5-16(10-23(20)31)15-2-3-15)24(32)14-35-25-11-17-4-6-19(28)8-18(17)9-21(25)27(29)34/h4-12,15H,2-3,13-14H2,1H3,(H2,29,34)(H,30,33). The zero-order valence-corrected chi connectivity index (χ0v) is 19.9. The maximum atomic E-state index is 13.2. The molecule has 5 rings (SSSR count). The summed E-state index contributed by atoms with van der Waals surface area (Å²) in [4.78, 5) is 37.4. The molecule has 0 radical (unpaired) electrons. The lowest BCUT2D eigenvalue weighted by atomic mass is 10.0. The van der Waals surface area contributed by atoms with Crippen LogP contribution in [0.3, 0.4) is 0 Å². The zero-order valence-electron chi connectivity index (χ0n) is 19.1. The van der Waals surface area contributed by atoms with Crippen LogP contribution in [0.1, 0.15) is 45.0 Å². The summed E-state index contributed by atoms with van der Waals surface area (Å²) in [5, 5.41) is 5.47. The number of carbonyl (C=O) groups is 3. The van der Waals surface area contributed by atoms with Crippen molar-refractivity contribution in [2.75, 3.05) is 13.7 Å². The van der Waals surface area contributed by atoms with Gasteiger partial charge < -0.3 is 20.4 Å². The molecule has 2 amide bonds. The van der Waals surface area contributed by atoms with Crippen molar-refractivity contribution in [2.45, 2.75) is 25.3 Å². The lowest BCUT2D eigenvalue weighted by Crippen LogP contribution is -2.23. The van der Waals surface area contributed by atoms with E-state index in [2.05, 4.69) is 11.4 Å². The van der Waals surface area contributed by atoms with E-state index in [0.717, 1.165) is 34.5 Å². The van der Waals surface area contributed by atoms with Crippen LogP contribution in [0.4, 0.5) is 0 Å². The molecule has 0 spiro atoms. The highest BCUT2D eigenvalue weighted by atomic mass is 35.5. The van der Waals surface area contributed by atoms with Crippen molar-refractivity contribution >= 4 is 50.9 Å². The Hall–Kier alpha value is -3.84. The summed E-state index contributed by atoms with van der Waals surface area (Å²) in [6.45, 7) is -0.183. The van der Waals surface area contributed by atoms with Crippen molar-refractivity contribution in [3.63, 3.8) is 0 Å². The third-order valence-electron chi connectivity index (χ3n) is 6.37. The minimum Gasteiger partial charge on any atom is -0.485 e. The number of amides is 2. The van der Waals surface area contributed by atoms with Crippen LogP contribution in [0, 0.1) is 0 Å². The van der Waals surface area contributed by atoms with E-state index in [0.29, 0.717) is 16.5 Å². The predicted molar refractivity (Wildman–Crippen MR) is 135 cm³/mol. The first-order chi connectivity index (χ1) is 16.8. The first-order valence-electron chi connectivity index (χ1n) is 11.4. The number of hydrogen-bond acceptors (Lipinski definition) is 4. The zero-order chi connectivity index (χ0) is 24.7. The number of likely N-dealkylation sites (N-methyl/N-ethyl adjacent to an activating group) is 1. The SMILES string of the molecule is CNC(=O)Cn1cc(C(=O)COc2cc3ccc(Cl)cc3cc2C(N)=O)c2ccc(C3CC3)cc21. The molecule has 35 heavy (non-hydrogen) atoms. The van der Waals surface area contributed by atoms with Crippen LogP contribution in [0.2, 0.25) is 5.02 Å². The van der Waals surface area contributed by atoms with Gasteiger partial charge in [-0.1, -0.05) is 29.8 Å². The number of carbonyl (C=O) groups excluding carboxylic acids is 3. The van der Waals surface area contributed by atoms with E-state index in [-0.39, 0.29) is 36.2 Å². The number of rotatable bonds is 8. The Kier molecular flexibility index (Phi) is 5.94. The Labute approximate surface area is 206 Å². The normalized spacial score (nSPS) is 13.2. The van der Waals surface area contributed by atoms with Crippen molar-refractivity contribution in [3.05, 3.63) is 76.4 Å². The summed E-state index contributed by atoms with van der Waals surface area (Å²) in [5.41, 5.74) is 8.24. The highest BCUT2D eigenvalue weighted by molar-refractivity contribution is 6.31. The van der Waals surface area contributed by atoms with Gasteiger partial charge in [0.2, 0.25) is 11.7 Å². The minimum absolute atomic E-state index is 0.105. The molecule has 7 nitrogen and oxygen atoms in total. The summed E-state index contributed by atoms with van der Waals surface area (Å²) < 4.78 is 7.61. The van der Waals surface area contributed by atoms with Crippen molar-refractivity contribution in [2.24, 2.45) is 5.73 Å². The number of aromatic nitrogens is 1. The molecule has 3 N–H and O–H groups in total. The highest BCUT2D eigenvalue weighted by Gasteiger charge is 2.25. The van der Waals surface area contributed by atoms with E-state index in [1.165, 1.54) is 5.56 Å². The molecule has 1 aliphatic rings. The van der Waals surface area contributed by atoms with Crippen molar-refractivity contribution in [1.82, 2.24) is 9.88 Å². The second-order valence-electron chi connectivity index (χ2n) is 8.81. The quantitative estimate of drug-likeness (QED) is 0.357. The van der Waals surface area contributed by atoms with Crippen molar-refractivity contribution in [1.29, 1.82) is 0 Å². The Bertz CT molecular complexity index is 1500. The average Bonchev–Trinajstić information content (AvgIpc) is 3.64. The number of fused-ring (bicyclic) bond motifs is 2. The van der Waals surface area contributed by atoms with Gasteiger partial charge in [0.15, 0.2) is 6.61 Å². The number of nitrogens with zero attached hydrogens (tertiary/aromatic N) is 1. The first kappa shape index (κ1) is 22.9. The van der Waals surface area contributed by atoms with Crippen molar-refractivity contribution in [3.8, 4) is 5.75 Å². The molecule has 0 bridgehead atoms. The molecular formula is C27H24ClN3O4. The summed E-state index contributed by atoms with van der Waals surface area (Å²) in [6.07, 6.45) is 4.00. The third kappa shape index (κ3) is 4.59.